The van der Waals surface area contributed by atoms with Gasteiger partial charge in [0.15, 0.2) is 17.4 Å². The van der Waals surface area contributed by atoms with Crippen LogP contribution < -0.4 is 15.2 Å². The third-order valence-electron chi connectivity index (χ3n) is 8.34. The van der Waals surface area contributed by atoms with Gasteiger partial charge in [-0.05, 0) is 22.8 Å². The Morgan fingerprint density at radius 3 is 2.27 bits per heavy atom. The van der Waals surface area contributed by atoms with Crippen molar-refractivity contribution >= 4 is 69.5 Å². The third-order valence-corrected chi connectivity index (χ3v) is 10.8. The molecule has 0 radical (unpaired) electrons. The van der Waals surface area contributed by atoms with Crippen molar-refractivity contribution < 1.29 is 50.5 Å². The number of esters is 1. The van der Waals surface area contributed by atoms with Crippen LogP contribution in [0.25, 0.3) is 0 Å². The molecule has 3 amide bonds. The number of ether oxygens (including phenoxy) is 1. The summed E-state index contributed by atoms with van der Waals surface area (Å²) in [6, 6.07) is 22.8. The molecule has 0 spiro atoms. The SMILES string of the molecule is C=CC1=C(C(=O)OC(c2ccccc2)c2ccccc2)N2C(=O)C(NC(=O)C(ON=C)(c3csc(NC=O)n3)c3cccc[n+]3C)[C@H]2SC1.COS(=O)(=O)[O-]. The maximum atomic E-state index is 14.4. The van der Waals surface area contributed by atoms with E-state index in [4.69, 9.17) is 9.57 Å². The topological polar surface area (TPSA) is 210 Å². The van der Waals surface area contributed by atoms with Gasteiger partial charge in [0, 0.05) is 30.0 Å². The first-order chi connectivity index (χ1) is 26.4. The number of benzene rings is 2. The van der Waals surface area contributed by atoms with E-state index >= 15 is 0 Å². The maximum absolute atomic E-state index is 14.4. The summed E-state index contributed by atoms with van der Waals surface area (Å²) in [5, 5.41) is 10.1. The summed E-state index contributed by atoms with van der Waals surface area (Å²) in [6.07, 6.45) is 2.99. The summed E-state index contributed by atoms with van der Waals surface area (Å²) in [5.41, 5.74) is 0.568. The molecule has 0 aliphatic carbocycles. The van der Waals surface area contributed by atoms with Gasteiger partial charge in [-0.3, -0.25) is 23.5 Å². The van der Waals surface area contributed by atoms with E-state index in [1.807, 2.05) is 60.7 Å². The molecule has 0 bridgehead atoms. The van der Waals surface area contributed by atoms with Crippen molar-refractivity contribution in [2.75, 3.05) is 18.2 Å². The number of hydrogen-bond donors (Lipinski definition) is 2. The molecule has 6 rings (SSSR count). The molecule has 0 saturated carbocycles. The lowest BCUT2D eigenvalue weighted by Crippen LogP contribution is -2.72. The number of oxime groups is 1. The van der Waals surface area contributed by atoms with E-state index in [2.05, 4.69) is 38.3 Å². The smallest absolute Gasteiger partial charge is 0.356 e. The van der Waals surface area contributed by atoms with Crippen LogP contribution in [0.2, 0.25) is 0 Å². The molecule has 2 aliphatic heterocycles. The molecule has 4 aromatic rings. The van der Waals surface area contributed by atoms with Gasteiger partial charge in [-0.2, -0.15) is 0 Å². The van der Waals surface area contributed by atoms with Crippen molar-refractivity contribution in [2.24, 2.45) is 12.2 Å². The molecule has 2 N–H and O–H groups in total. The fourth-order valence-corrected chi connectivity index (χ4v) is 7.86. The molecule has 3 atom stereocenters. The van der Waals surface area contributed by atoms with Crippen LogP contribution in [-0.4, -0.2) is 78.0 Å². The van der Waals surface area contributed by atoms with Gasteiger partial charge >= 0.3 is 11.6 Å². The quantitative estimate of drug-likeness (QED) is 0.0276. The highest BCUT2D eigenvalue weighted by molar-refractivity contribution is 8.00. The highest BCUT2D eigenvalue weighted by Gasteiger charge is 2.59. The second-order valence-electron chi connectivity index (χ2n) is 11.5. The third kappa shape index (κ3) is 8.66. The number of thiazole rings is 1. The van der Waals surface area contributed by atoms with Gasteiger partial charge in [0.25, 0.3) is 11.8 Å². The minimum absolute atomic E-state index is 0.0694. The van der Waals surface area contributed by atoms with Gasteiger partial charge in [-0.25, -0.2) is 22.8 Å². The predicted octanol–water partition coefficient (Wildman–Crippen LogP) is 2.68. The lowest BCUT2D eigenvalue weighted by molar-refractivity contribution is -0.684. The summed E-state index contributed by atoms with van der Waals surface area (Å²) >= 11 is 2.45. The number of aromatic nitrogens is 2. The Morgan fingerprint density at radius 2 is 1.73 bits per heavy atom. The molecule has 55 heavy (non-hydrogen) atoms. The Morgan fingerprint density at radius 1 is 1.11 bits per heavy atom. The number of fused-ring (bicyclic) bond motifs is 1. The molecule has 1 fully saturated rings. The molecule has 16 nitrogen and oxygen atoms in total. The van der Waals surface area contributed by atoms with Crippen LogP contribution in [0.15, 0.2) is 120 Å². The number of aryl methyl sites for hydroxylation is 1. The minimum atomic E-state index is -4.41. The van der Waals surface area contributed by atoms with Crippen molar-refractivity contribution in [2.45, 2.75) is 23.1 Å². The average Bonchev–Trinajstić information content (AvgIpc) is 3.67. The number of anilines is 1. The zero-order chi connectivity index (χ0) is 39.8. The number of nitrogens with zero attached hydrogens (tertiary/aromatic N) is 4. The van der Waals surface area contributed by atoms with E-state index in [0.717, 1.165) is 29.6 Å². The lowest BCUT2D eigenvalue weighted by atomic mass is 9.92. The van der Waals surface area contributed by atoms with Gasteiger partial charge in [-0.15, -0.1) is 28.3 Å². The Hall–Kier alpha value is -5.73. The van der Waals surface area contributed by atoms with E-state index in [1.54, 1.807) is 41.4 Å². The monoisotopic (exact) mass is 806 g/mol. The highest BCUT2D eigenvalue weighted by atomic mass is 32.3. The summed E-state index contributed by atoms with van der Waals surface area (Å²) in [5.74, 6) is -1.63. The van der Waals surface area contributed by atoms with E-state index < -0.39 is 51.3 Å². The van der Waals surface area contributed by atoms with E-state index in [-0.39, 0.29) is 16.5 Å². The van der Waals surface area contributed by atoms with Crippen molar-refractivity contribution in [3.8, 4) is 0 Å². The molecule has 19 heteroatoms. The average molecular weight is 807 g/mol. The Labute approximate surface area is 324 Å². The van der Waals surface area contributed by atoms with Crippen LogP contribution in [0, 0.1) is 0 Å². The lowest BCUT2D eigenvalue weighted by Gasteiger charge is -2.50. The Kier molecular flexibility index (Phi) is 12.9. The predicted molar refractivity (Wildman–Crippen MR) is 201 cm³/mol. The molecule has 2 aromatic carbocycles. The zero-order valence-corrected chi connectivity index (χ0v) is 31.7. The fourth-order valence-electron chi connectivity index (χ4n) is 5.82. The van der Waals surface area contributed by atoms with E-state index in [0.29, 0.717) is 23.4 Å². The zero-order valence-electron chi connectivity index (χ0n) is 29.3. The van der Waals surface area contributed by atoms with Crippen molar-refractivity contribution in [1.82, 2.24) is 15.2 Å². The van der Waals surface area contributed by atoms with E-state index in [9.17, 15) is 32.1 Å². The van der Waals surface area contributed by atoms with Crippen LogP contribution in [0.5, 0.6) is 0 Å². The fraction of sp³-hybridized carbons (Fsp3) is 0.194. The number of thioether (sulfide) groups is 1. The number of β-lactam (4-membered cyclic amide) rings is 1. The molecule has 4 heterocycles. The summed E-state index contributed by atoms with van der Waals surface area (Å²) < 4.78 is 38.8. The molecule has 286 valence electrons. The molecular formula is C36H34N6O10S3. The van der Waals surface area contributed by atoms with Crippen molar-refractivity contribution in [1.29, 1.82) is 0 Å². The number of amides is 3. The molecule has 1 saturated heterocycles. The number of carbonyl (C=O) groups excluding carboxylic acids is 4. The van der Waals surface area contributed by atoms with Crippen LogP contribution >= 0.6 is 23.1 Å². The normalized spacial score (nSPS) is 17.3. The maximum Gasteiger partial charge on any atom is 0.356 e. The summed E-state index contributed by atoms with van der Waals surface area (Å²) in [6.45, 7) is 7.33. The minimum Gasteiger partial charge on any atom is -0.726 e. The van der Waals surface area contributed by atoms with Crippen LogP contribution in [0.3, 0.4) is 0 Å². The van der Waals surface area contributed by atoms with Crippen LogP contribution in [0.1, 0.15) is 28.6 Å². The molecule has 2 aromatic heterocycles. The summed E-state index contributed by atoms with van der Waals surface area (Å²) in [4.78, 5) is 65.0. The second kappa shape index (κ2) is 17.6. The number of hydrogen-bond acceptors (Lipinski definition) is 14. The first-order valence-electron chi connectivity index (χ1n) is 16.1. The Balaban J connectivity index is 0.000000895. The number of rotatable bonds is 14. The first-order valence-corrected chi connectivity index (χ1v) is 19.3. The van der Waals surface area contributed by atoms with Gasteiger partial charge < -0.3 is 24.8 Å². The van der Waals surface area contributed by atoms with Crippen molar-refractivity contribution in [3.05, 3.63) is 137 Å². The van der Waals surface area contributed by atoms with Crippen LogP contribution in [0.4, 0.5) is 5.13 Å². The van der Waals surface area contributed by atoms with Gasteiger partial charge in [-0.1, -0.05) is 73.3 Å². The van der Waals surface area contributed by atoms with E-state index in [1.165, 1.54) is 22.7 Å². The Bertz CT molecular complexity index is 2180. The van der Waals surface area contributed by atoms with Crippen molar-refractivity contribution in [3.63, 3.8) is 0 Å². The van der Waals surface area contributed by atoms with Crippen LogP contribution in [-0.2, 0) is 56.0 Å². The van der Waals surface area contributed by atoms with Gasteiger partial charge in [0.2, 0.25) is 22.5 Å². The van der Waals surface area contributed by atoms with Gasteiger partial charge in [0.05, 0.1) is 7.11 Å². The number of pyridine rings is 1. The highest BCUT2D eigenvalue weighted by Crippen LogP contribution is 2.43. The number of carbonyl (C=O) groups is 4. The van der Waals surface area contributed by atoms with Gasteiger partial charge in [0.1, 0.15) is 29.9 Å². The molecule has 2 unspecified atom stereocenters. The molecular weight excluding hydrogens is 773 g/mol. The number of allylic oxidation sites excluding steroid dienone is 1. The summed E-state index contributed by atoms with van der Waals surface area (Å²) in [7, 11) is -1.89. The standard InChI is InChI=1S/C35H30N6O6S2.CH4O4S/c1-4-22-19-48-31-27(30(43)41(31)28(22)32(44)46-29(23-13-7-5-8-14-23)24-15-9-6-10-16-24)39-33(45)35(47-36-2,26-17-11-12-18-40(26)3)25-20-49-34(38-25)37-21-42;1-5-6(2,3)4/h4-18,20-21,27,29,31H,1-2,19H2,3H3,(H-,37,38,39,42,45);1H3,(H,2,3,4)/t27?,31-,35?;/m1./s1. The number of nitrogens with one attached hydrogen (secondary N) is 2. The largest absolute Gasteiger partial charge is 0.726 e. The first kappa shape index (κ1) is 40.5. The second-order valence-corrected chi connectivity index (χ2v) is 14.6. The molecule has 2 aliphatic rings.